The van der Waals surface area contributed by atoms with Gasteiger partial charge < -0.3 is 14.6 Å². The molecule has 2 aromatic heterocycles. The number of nitrogens with zero attached hydrogens (tertiary/aromatic N) is 3. The molecule has 0 radical (unpaired) electrons. The summed E-state index contributed by atoms with van der Waals surface area (Å²) in [6, 6.07) is 16.8. The number of ether oxygens (including phenoxy) is 1. The van der Waals surface area contributed by atoms with Crippen LogP contribution in [0.15, 0.2) is 59.4 Å². The number of halogens is 1. The van der Waals surface area contributed by atoms with E-state index >= 15 is 0 Å². The standard InChI is InChI=1S/C26H27ClN4O3/c1-4-30-17(2)20(13-14-24(32)28-16-18-9-11-19(27)12-10-18)26(33)31-25(30)15-22(29-31)21-7-5-6-8-23(21)34-3/h5-12,15H,4,13-14,16H2,1-3H3,(H,28,32). The average molecular weight is 479 g/mol. The number of aromatic nitrogens is 3. The lowest BCUT2D eigenvalue weighted by Crippen LogP contribution is -2.28. The van der Waals surface area contributed by atoms with E-state index in [4.69, 9.17) is 16.3 Å². The molecule has 7 nitrogen and oxygen atoms in total. The third kappa shape index (κ3) is 4.70. The van der Waals surface area contributed by atoms with Gasteiger partial charge in [0.15, 0.2) is 0 Å². The number of carbonyl (C=O) groups is 1. The summed E-state index contributed by atoms with van der Waals surface area (Å²) in [6.07, 6.45) is 0.538. The Kier molecular flexibility index (Phi) is 7.03. The number of fused-ring (bicyclic) bond motifs is 1. The predicted octanol–water partition coefficient (Wildman–Crippen LogP) is 4.40. The Balaban J connectivity index is 1.59. The first kappa shape index (κ1) is 23.6. The summed E-state index contributed by atoms with van der Waals surface area (Å²) >= 11 is 5.91. The summed E-state index contributed by atoms with van der Waals surface area (Å²) in [4.78, 5) is 25.8. The van der Waals surface area contributed by atoms with Gasteiger partial charge in [0.25, 0.3) is 5.56 Å². The fraction of sp³-hybridized carbons (Fsp3) is 0.269. The Morgan fingerprint density at radius 3 is 2.59 bits per heavy atom. The second kappa shape index (κ2) is 10.1. The smallest absolute Gasteiger partial charge is 0.277 e. The van der Waals surface area contributed by atoms with Gasteiger partial charge in [-0.15, -0.1) is 0 Å². The third-order valence-electron chi connectivity index (χ3n) is 5.96. The molecule has 0 fully saturated rings. The normalized spacial score (nSPS) is 11.1. The number of nitrogens with one attached hydrogen (secondary N) is 1. The molecule has 1 N–H and O–H groups in total. The maximum atomic E-state index is 13.4. The second-order valence-electron chi connectivity index (χ2n) is 8.02. The number of methoxy groups -OCH3 is 1. The zero-order valence-electron chi connectivity index (χ0n) is 19.5. The molecule has 2 heterocycles. The Morgan fingerprint density at radius 1 is 1.15 bits per heavy atom. The molecular formula is C26H27ClN4O3. The van der Waals surface area contributed by atoms with E-state index in [9.17, 15) is 9.59 Å². The van der Waals surface area contributed by atoms with E-state index in [1.54, 1.807) is 19.2 Å². The van der Waals surface area contributed by atoms with Gasteiger partial charge in [0.1, 0.15) is 11.4 Å². The maximum absolute atomic E-state index is 13.4. The number of hydrogen-bond donors (Lipinski definition) is 1. The minimum absolute atomic E-state index is 0.118. The van der Waals surface area contributed by atoms with E-state index in [2.05, 4.69) is 10.4 Å². The van der Waals surface area contributed by atoms with Crippen molar-refractivity contribution >= 4 is 23.2 Å². The number of amides is 1. The molecule has 4 rings (SSSR count). The van der Waals surface area contributed by atoms with Crippen LogP contribution in [0.3, 0.4) is 0 Å². The summed E-state index contributed by atoms with van der Waals surface area (Å²) in [5.41, 5.74) is 4.38. The molecule has 176 valence electrons. The summed E-state index contributed by atoms with van der Waals surface area (Å²) in [5.74, 6) is 0.572. The van der Waals surface area contributed by atoms with Gasteiger partial charge in [0, 0.05) is 47.4 Å². The van der Waals surface area contributed by atoms with Crippen LogP contribution in [-0.4, -0.2) is 27.2 Å². The topological polar surface area (TPSA) is 77.6 Å². The van der Waals surface area contributed by atoms with Crippen molar-refractivity contribution in [3.63, 3.8) is 0 Å². The minimum Gasteiger partial charge on any atom is -0.496 e. The van der Waals surface area contributed by atoms with E-state index in [1.165, 1.54) is 4.52 Å². The summed E-state index contributed by atoms with van der Waals surface area (Å²) in [6.45, 7) is 5.02. The quantitative estimate of drug-likeness (QED) is 0.407. The van der Waals surface area contributed by atoms with Gasteiger partial charge in [0.05, 0.1) is 12.8 Å². The van der Waals surface area contributed by atoms with E-state index < -0.39 is 0 Å². The van der Waals surface area contributed by atoms with Gasteiger partial charge in [0.2, 0.25) is 5.91 Å². The molecule has 2 aromatic carbocycles. The molecule has 0 saturated carbocycles. The zero-order valence-corrected chi connectivity index (χ0v) is 20.2. The lowest BCUT2D eigenvalue weighted by molar-refractivity contribution is -0.121. The van der Waals surface area contributed by atoms with Crippen LogP contribution in [0.1, 0.15) is 30.2 Å². The van der Waals surface area contributed by atoms with Crippen LogP contribution >= 0.6 is 11.6 Å². The van der Waals surface area contributed by atoms with Crippen molar-refractivity contribution in [2.45, 2.75) is 39.8 Å². The zero-order chi connectivity index (χ0) is 24.2. The molecular weight excluding hydrogens is 452 g/mol. The fourth-order valence-electron chi connectivity index (χ4n) is 4.13. The average Bonchev–Trinajstić information content (AvgIpc) is 3.29. The number of benzene rings is 2. The monoisotopic (exact) mass is 478 g/mol. The first-order valence-electron chi connectivity index (χ1n) is 11.2. The molecule has 34 heavy (non-hydrogen) atoms. The highest BCUT2D eigenvalue weighted by Gasteiger charge is 2.18. The lowest BCUT2D eigenvalue weighted by Gasteiger charge is -2.14. The Hall–Kier alpha value is -3.58. The van der Waals surface area contributed by atoms with Crippen molar-refractivity contribution in [1.82, 2.24) is 19.5 Å². The number of hydrogen-bond acceptors (Lipinski definition) is 4. The van der Waals surface area contributed by atoms with Gasteiger partial charge in [-0.3, -0.25) is 9.59 Å². The van der Waals surface area contributed by atoms with Gasteiger partial charge in [-0.1, -0.05) is 35.9 Å². The SMILES string of the molecule is CCn1c(C)c(CCC(=O)NCc2ccc(Cl)cc2)c(=O)n2nc(-c3ccccc3OC)cc12. The molecule has 0 saturated heterocycles. The van der Waals surface area contributed by atoms with Crippen LogP contribution in [0.25, 0.3) is 16.9 Å². The van der Waals surface area contributed by atoms with Crippen LogP contribution in [0, 0.1) is 6.92 Å². The number of aryl methyl sites for hydroxylation is 1. The lowest BCUT2D eigenvalue weighted by atomic mass is 10.1. The van der Waals surface area contributed by atoms with E-state index in [0.717, 1.165) is 16.8 Å². The predicted molar refractivity (Wildman–Crippen MR) is 133 cm³/mol. The summed E-state index contributed by atoms with van der Waals surface area (Å²) in [5, 5.41) is 8.16. The molecule has 0 aliphatic heterocycles. The van der Waals surface area contributed by atoms with Crippen LogP contribution in [-0.2, 0) is 24.3 Å². The van der Waals surface area contributed by atoms with E-state index in [0.29, 0.717) is 47.2 Å². The van der Waals surface area contributed by atoms with Crippen molar-refractivity contribution in [2.24, 2.45) is 0 Å². The molecule has 4 aromatic rings. The Morgan fingerprint density at radius 2 is 1.88 bits per heavy atom. The molecule has 0 unspecified atom stereocenters. The molecule has 0 atom stereocenters. The third-order valence-corrected chi connectivity index (χ3v) is 6.22. The van der Waals surface area contributed by atoms with Crippen molar-refractivity contribution in [3.05, 3.63) is 86.8 Å². The van der Waals surface area contributed by atoms with E-state index in [-0.39, 0.29) is 17.9 Å². The number of carbonyl (C=O) groups excluding carboxylic acids is 1. The Labute approximate surface area is 202 Å². The van der Waals surface area contributed by atoms with Crippen LogP contribution < -0.4 is 15.6 Å². The molecule has 1 amide bonds. The van der Waals surface area contributed by atoms with Crippen molar-refractivity contribution in [2.75, 3.05) is 7.11 Å². The molecule has 8 heteroatoms. The highest BCUT2D eigenvalue weighted by Crippen LogP contribution is 2.29. The van der Waals surface area contributed by atoms with Crippen LogP contribution in [0.2, 0.25) is 5.02 Å². The molecule has 0 aliphatic carbocycles. The van der Waals surface area contributed by atoms with Crippen LogP contribution in [0.4, 0.5) is 0 Å². The van der Waals surface area contributed by atoms with Crippen molar-refractivity contribution in [1.29, 1.82) is 0 Å². The summed E-state index contributed by atoms with van der Waals surface area (Å²) < 4.78 is 8.95. The number of rotatable bonds is 8. The highest BCUT2D eigenvalue weighted by molar-refractivity contribution is 6.30. The Bertz CT molecular complexity index is 1390. The summed E-state index contributed by atoms with van der Waals surface area (Å²) in [7, 11) is 1.61. The molecule has 0 aliphatic rings. The van der Waals surface area contributed by atoms with E-state index in [1.807, 2.05) is 60.9 Å². The first-order valence-corrected chi connectivity index (χ1v) is 11.6. The number of para-hydroxylation sites is 1. The highest BCUT2D eigenvalue weighted by atomic mass is 35.5. The molecule has 0 bridgehead atoms. The van der Waals surface area contributed by atoms with Crippen molar-refractivity contribution in [3.8, 4) is 17.0 Å². The van der Waals surface area contributed by atoms with Gasteiger partial charge in [-0.25, -0.2) is 0 Å². The minimum atomic E-state index is -0.205. The van der Waals surface area contributed by atoms with Gasteiger partial charge in [-0.2, -0.15) is 9.61 Å². The van der Waals surface area contributed by atoms with Crippen molar-refractivity contribution < 1.29 is 9.53 Å². The first-order chi connectivity index (χ1) is 16.4. The van der Waals surface area contributed by atoms with Crippen LogP contribution in [0.5, 0.6) is 5.75 Å². The maximum Gasteiger partial charge on any atom is 0.277 e. The fourth-order valence-corrected chi connectivity index (χ4v) is 4.26. The van der Waals surface area contributed by atoms with Gasteiger partial charge in [-0.05, 0) is 50.1 Å². The largest absolute Gasteiger partial charge is 0.496 e. The second-order valence-corrected chi connectivity index (χ2v) is 8.45. The van der Waals surface area contributed by atoms with Gasteiger partial charge >= 0.3 is 0 Å². The molecule has 0 spiro atoms.